The number of rotatable bonds is 7. The zero-order valence-corrected chi connectivity index (χ0v) is 11.9. The lowest BCUT2D eigenvalue weighted by molar-refractivity contribution is 0.524. The molecule has 0 amide bonds. The van der Waals surface area contributed by atoms with Crippen molar-refractivity contribution in [1.82, 2.24) is 5.32 Å². The van der Waals surface area contributed by atoms with Gasteiger partial charge >= 0.3 is 0 Å². The van der Waals surface area contributed by atoms with Crippen LogP contribution in [0.25, 0.3) is 0 Å². The average molecular weight is 265 g/mol. The molecular formula is C11H23NO2S2. The van der Waals surface area contributed by atoms with Crippen molar-refractivity contribution < 1.29 is 8.42 Å². The predicted octanol–water partition coefficient (Wildman–Crippen LogP) is 1.68. The van der Waals surface area contributed by atoms with Gasteiger partial charge in [0.15, 0.2) is 0 Å². The normalized spacial score (nSPS) is 26.1. The first-order valence-electron chi connectivity index (χ1n) is 6.04. The van der Waals surface area contributed by atoms with Crippen LogP contribution in [-0.2, 0) is 9.84 Å². The zero-order valence-electron chi connectivity index (χ0n) is 10.2. The molecule has 96 valence electrons. The Bertz CT molecular complexity index is 290. The van der Waals surface area contributed by atoms with E-state index in [-0.39, 0.29) is 0 Å². The minimum atomic E-state index is -2.78. The van der Waals surface area contributed by atoms with Crippen molar-refractivity contribution in [2.75, 3.05) is 24.3 Å². The van der Waals surface area contributed by atoms with Crippen molar-refractivity contribution in [2.45, 2.75) is 43.9 Å². The summed E-state index contributed by atoms with van der Waals surface area (Å²) >= 11 is 1.83. The summed E-state index contributed by atoms with van der Waals surface area (Å²) in [4.78, 5) is 0. The third-order valence-corrected chi connectivity index (χ3v) is 5.42. The van der Waals surface area contributed by atoms with E-state index in [1.807, 2.05) is 11.8 Å². The van der Waals surface area contributed by atoms with Crippen LogP contribution in [0.4, 0.5) is 0 Å². The highest BCUT2D eigenvalue weighted by Gasteiger charge is 2.24. The van der Waals surface area contributed by atoms with Crippen LogP contribution in [0.1, 0.15) is 32.6 Å². The molecule has 5 heteroatoms. The predicted molar refractivity (Wildman–Crippen MR) is 71.9 cm³/mol. The Kier molecular flexibility index (Phi) is 6.15. The molecule has 2 unspecified atom stereocenters. The van der Waals surface area contributed by atoms with Gasteiger partial charge in [-0.3, -0.25) is 0 Å². The fraction of sp³-hybridized carbons (Fsp3) is 1.00. The maximum atomic E-state index is 11.0. The molecule has 0 saturated heterocycles. The molecule has 1 rings (SSSR count). The molecule has 0 spiro atoms. The summed E-state index contributed by atoms with van der Waals surface area (Å²) in [5.41, 5.74) is 0. The van der Waals surface area contributed by atoms with Crippen LogP contribution >= 0.6 is 11.8 Å². The Morgan fingerprint density at radius 2 is 2.12 bits per heavy atom. The Labute approximate surface area is 104 Å². The Morgan fingerprint density at radius 3 is 2.75 bits per heavy atom. The molecule has 1 aliphatic carbocycles. The quantitative estimate of drug-likeness (QED) is 0.761. The molecule has 1 saturated carbocycles. The zero-order chi connectivity index (χ0) is 12.0. The van der Waals surface area contributed by atoms with Gasteiger partial charge in [0.25, 0.3) is 0 Å². The van der Waals surface area contributed by atoms with E-state index in [2.05, 4.69) is 12.2 Å². The summed E-state index contributed by atoms with van der Waals surface area (Å²) in [5.74, 6) is 1.07. The van der Waals surface area contributed by atoms with Crippen LogP contribution in [0.2, 0.25) is 0 Å². The molecule has 0 aromatic carbocycles. The topological polar surface area (TPSA) is 46.2 Å². The number of thioether (sulfide) groups is 1. The molecule has 1 fully saturated rings. The first-order chi connectivity index (χ1) is 7.51. The minimum Gasteiger partial charge on any atom is -0.314 e. The van der Waals surface area contributed by atoms with Crippen LogP contribution < -0.4 is 5.32 Å². The molecule has 1 aliphatic rings. The first-order valence-corrected chi connectivity index (χ1v) is 9.15. The first kappa shape index (κ1) is 14.3. The largest absolute Gasteiger partial charge is 0.314 e. The molecule has 2 atom stereocenters. The summed E-state index contributed by atoms with van der Waals surface area (Å²) in [6, 6.07) is 0.663. The number of hydrogen-bond donors (Lipinski definition) is 1. The second kappa shape index (κ2) is 6.87. The van der Waals surface area contributed by atoms with Gasteiger partial charge in [-0.25, -0.2) is 8.42 Å². The maximum absolute atomic E-state index is 11.0. The second-order valence-corrected chi connectivity index (χ2v) is 8.25. The lowest BCUT2D eigenvalue weighted by Crippen LogP contribution is -2.27. The van der Waals surface area contributed by atoms with Crippen molar-refractivity contribution >= 4 is 21.6 Å². The molecule has 0 aromatic heterocycles. The highest BCUT2D eigenvalue weighted by Crippen LogP contribution is 2.29. The molecule has 0 radical (unpaired) electrons. The number of sulfone groups is 1. The smallest absolute Gasteiger partial charge is 0.148 e. The van der Waals surface area contributed by atoms with Crippen LogP contribution in [0, 0.1) is 0 Å². The van der Waals surface area contributed by atoms with E-state index in [1.54, 1.807) is 0 Å². The molecule has 0 aromatic rings. The lowest BCUT2D eigenvalue weighted by Gasteiger charge is -2.12. The lowest BCUT2D eigenvalue weighted by atomic mass is 10.2. The summed E-state index contributed by atoms with van der Waals surface area (Å²) in [6.45, 7) is 3.28. The second-order valence-electron chi connectivity index (χ2n) is 4.59. The van der Waals surface area contributed by atoms with Gasteiger partial charge in [-0.2, -0.15) is 11.8 Å². The standard InChI is InChI=1S/C11H23NO2S2/c1-3-6-12-10-4-5-11(9-10)15-7-8-16(2,13)14/h10-12H,3-9H2,1-2H3. The van der Waals surface area contributed by atoms with Gasteiger partial charge in [0.1, 0.15) is 9.84 Å². The molecular weight excluding hydrogens is 242 g/mol. The number of nitrogens with one attached hydrogen (secondary N) is 1. The molecule has 0 heterocycles. The monoisotopic (exact) mass is 265 g/mol. The van der Waals surface area contributed by atoms with Crippen LogP contribution in [0.15, 0.2) is 0 Å². The van der Waals surface area contributed by atoms with Crippen molar-refractivity contribution in [1.29, 1.82) is 0 Å². The summed E-state index contributed by atoms with van der Waals surface area (Å²) in [6.07, 6.45) is 6.18. The minimum absolute atomic E-state index is 0.321. The van der Waals surface area contributed by atoms with Gasteiger partial charge in [0.05, 0.1) is 5.75 Å². The summed E-state index contributed by atoms with van der Waals surface area (Å²) < 4.78 is 22.0. The van der Waals surface area contributed by atoms with E-state index in [1.165, 1.54) is 31.9 Å². The van der Waals surface area contributed by atoms with Crippen molar-refractivity contribution in [3.8, 4) is 0 Å². The third-order valence-electron chi connectivity index (χ3n) is 2.88. The Hall–Kier alpha value is 0.260. The third kappa shape index (κ3) is 6.11. The van der Waals surface area contributed by atoms with Gasteiger partial charge in [-0.1, -0.05) is 6.92 Å². The van der Waals surface area contributed by atoms with E-state index in [0.29, 0.717) is 17.0 Å². The molecule has 16 heavy (non-hydrogen) atoms. The van der Waals surface area contributed by atoms with Crippen molar-refractivity contribution in [3.63, 3.8) is 0 Å². The van der Waals surface area contributed by atoms with E-state index in [0.717, 1.165) is 12.3 Å². The maximum Gasteiger partial charge on any atom is 0.148 e. The number of hydrogen-bond acceptors (Lipinski definition) is 4. The fourth-order valence-corrected chi connectivity index (χ4v) is 4.59. The van der Waals surface area contributed by atoms with E-state index < -0.39 is 9.84 Å². The Balaban J connectivity index is 2.12. The molecule has 0 aliphatic heterocycles. The van der Waals surface area contributed by atoms with E-state index in [9.17, 15) is 8.42 Å². The summed E-state index contributed by atoms with van der Waals surface area (Å²) in [5, 5.41) is 4.20. The SMILES string of the molecule is CCCNC1CCC(SCCS(C)(=O)=O)C1. The van der Waals surface area contributed by atoms with Gasteiger partial charge in [-0.15, -0.1) is 0 Å². The van der Waals surface area contributed by atoms with Gasteiger partial charge < -0.3 is 5.32 Å². The van der Waals surface area contributed by atoms with Gasteiger partial charge in [0.2, 0.25) is 0 Å². The van der Waals surface area contributed by atoms with Crippen molar-refractivity contribution in [2.24, 2.45) is 0 Å². The summed E-state index contributed by atoms with van der Waals surface area (Å²) in [7, 11) is -2.78. The van der Waals surface area contributed by atoms with Crippen molar-refractivity contribution in [3.05, 3.63) is 0 Å². The van der Waals surface area contributed by atoms with E-state index in [4.69, 9.17) is 0 Å². The molecule has 1 N–H and O–H groups in total. The highest BCUT2D eigenvalue weighted by atomic mass is 32.2. The molecule has 0 bridgehead atoms. The highest BCUT2D eigenvalue weighted by molar-refractivity contribution is 8.01. The van der Waals surface area contributed by atoms with Crippen LogP contribution in [0.3, 0.4) is 0 Å². The van der Waals surface area contributed by atoms with Gasteiger partial charge in [0, 0.05) is 23.3 Å². The van der Waals surface area contributed by atoms with Crippen LogP contribution in [-0.4, -0.2) is 44.0 Å². The van der Waals surface area contributed by atoms with Crippen LogP contribution in [0.5, 0.6) is 0 Å². The fourth-order valence-electron chi connectivity index (χ4n) is 1.99. The molecule has 3 nitrogen and oxygen atoms in total. The van der Waals surface area contributed by atoms with Gasteiger partial charge in [-0.05, 0) is 32.2 Å². The van der Waals surface area contributed by atoms with E-state index >= 15 is 0 Å². The Morgan fingerprint density at radius 1 is 1.38 bits per heavy atom. The average Bonchev–Trinajstić information content (AvgIpc) is 2.61.